The van der Waals surface area contributed by atoms with Crippen molar-refractivity contribution in [2.24, 2.45) is 0 Å². The zero-order valence-corrected chi connectivity index (χ0v) is 13.3. The molecule has 1 aliphatic rings. The number of ether oxygens (including phenoxy) is 1. The van der Waals surface area contributed by atoms with E-state index in [1.54, 1.807) is 16.2 Å². The van der Waals surface area contributed by atoms with Crippen molar-refractivity contribution in [2.75, 3.05) is 25.6 Å². The van der Waals surface area contributed by atoms with Crippen LogP contribution in [0, 0.1) is 0 Å². The number of likely N-dealkylation sites (tertiary alicyclic amines) is 1. The van der Waals surface area contributed by atoms with Crippen LogP contribution in [0.4, 0.5) is 4.79 Å². The van der Waals surface area contributed by atoms with Gasteiger partial charge in [0.15, 0.2) is 0 Å². The van der Waals surface area contributed by atoms with Gasteiger partial charge in [0, 0.05) is 24.0 Å². The molecule has 2 heterocycles. The summed E-state index contributed by atoms with van der Waals surface area (Å²) in [5.74, 6) is 0.349. The van der Waals surface area contributed by atoms with Crippen LogP contribution < -0.4 is 5.32 Å². The van der Waals surface area contributed by atoms with E-state index in [2.05, 4.69) is 5.32 Å². The summed E-state index contributed by atoms with van der Waals surface area (Å²) in [7, 11) is 0. The van der Waals surface area contributed by atoms with Gasteiger partial charge < -0.3 is 15.0 Å². The van der Waals surface area contributed by atoms with E-state index >= 15 is 0 Å². The molecule has 1 N–H and O–H groups in total. The van der Waals surface area contributed by atoms with E-state index in [1.165, 1.54) is 0 Å². The van der Waals surface area contributed by atoms with Gasteiger partial charge in [-0.1, -0.05) is 6.07 Å². The molecule has 21 heavy (non-hydrogen) atoms. The van der Waals surface area contributed by atoms with E-state index in [1.807, 2.05) is 17.5 Å². The summed E-state index contributed by atoms with van der Waals surface area (Å²) in [5, 5.41) is 4.99. The van der Waals surface area contributed by atoms with Gasteiger partial charge in [-0.3, -0.25) is 4.79 Å². The lowest BCUT2D eigenvalue weighted by molar-refractivity contribution is -0.121. The zero-order chi connectivity index (χ0) is 15.1. The van der Waals surface area contributed by atoms with Gasteiger partial charge >= 0.3 is 6.09 Å². The van der Waals surface area contributed by atoms with Crippen molar-refractivity contribution in [2.45, 2.75) is 25.3 Å². The number of nitrogens with one attached hydrogen (secondary N) is 1. The number of rotatable bonds is 5. The average Bonchev–Trinajstić information content (AvgIpc) is 2.98. The quantitative estimate of drug-likeness (QED) is 0.842. The fourth-order valence-corrected chi connectivity index (χ4v) is 3.05. The minimum atomic E-state index is -0.320. The Labute approximate surface area is 133 Å². The van der Waals surface area contributed by atoms with Crippen LogP contribution in [0.3, 0.4) is 0 Å². The van der Waals surface area contributed by atoms with Crippen LogP contribution >= 0.6 is 22.9 Å². The predicted molar refractivity (Wildman–Crippen MR) is 82.8 cm³/mol. The van der Waals surface area contributed by atoms with Gasteiger partial charge in [0.25, 0.3) is 0 Å². The highest BCUT2D eigenvalue weighted by Crippen LogP contribution is 2.13. The third kappa shape index (κ3) is 5.21. The molecule has 0 spiro atoms. The van der Waals surface area contributed by atoms with E-state index < -0.39 is 0 Å². The highest BCUT2D eigenvalue weighted by atomic mass is 35.5. The average molecular weight is 331 g/mol. The Balaban J connectivity index is 1.69. The van der Waals surface area contributed by atoms with Gasteiger partial charge in [-0.25, -0.2) is 4.79 Å². The van der Waals surface area contributed by atoms with Crippen molar-refractivity contribution in [3.05, 3.63) is 22.4 Å². The summed E-state index contributed by atoms with van der Waals surface area (Å²) in [6, 6.07) is 4.03. The fourth-order valence-electron chi connectivity index (χ4n) is 2.27. The Kier molecular flexibility index (Phi) is 6.32. The molecule has 0 atom stereocenters. The summed E-state index contributed by atoms with van der Waals surface area (Å²) < 4.78 is 4.99. The molecule has 1 aromatic heterocycles. The SMILES string of the molecule is O=C(Cc1cccs1)NC1CCN(C(=O)OCCCl)CC1. The predicted octanol–water partition coefficient (Wildman–Crippen LogP) is 2.25. The van der Waals surface area contributed by atoms with Crippen molar-refractivity contribution in [1.82, 2.24) is 10.2 Å². The number of amides is 2. The number of nitrogens with zero attached hydrogens (tertiary/aromatic N) is 1. The first-order valence-electron chi connectivity index (χ1n) is 6.98. The summed E-state index contributed by atoms with van der Waals surface area (Å²) in [6.45, 7) is 1.44. The summed E-state index contributed by atoms with van der Waals surface area (Å²) >= 11 is 7.06. The third-order valence-corrected chi connectivity index (χ3v) is 4.37. The Morgan fingerprint density at radius 1 is 1.43 bits per heavy atom. The van der Waals surface area contributed by atoms with E-state index in [4.69, 9.17) is 16.3 Å². The monoisotopic (exact) mass is 330 g/mol. The van der Waals surface area contributed by atoms with E-state index in [-0.39, 0.29) is 24.6 Å². The molecule has 116 valence electrons. The van der Waals surface area contributed by atoms with Crippen LogP contribution in [0.25, 0.3) is 0 Å². The van der Waals surface area contributed by atoms with Crippen LogP contribution in [0.5, 0.6) is 0 Å². The van der Waals surface area contributed by atoms with Crippen LogP contribution in [0.2, 0.25) is 0 Å². The molecule has 1 aromatic rings. The Morgan fingerprint density at radius 3 is 2.81 bits per heavy atom. The van der Waals surface area contributed by atoms with Gasteiger partial charge in [0.05, 0.1) is 12.3 Å². The second kappa shape index (κ2) is 8.24. The first-order chi connectivity index (χ1) is 10.2. The number of piperidine rings is 1. The second-order valence-corrected chi connectivity index (χ2v) is 6.30. The molecule has 0 unspecified atom stereocenters. The molecule has 0 aromatic carbocycles. The number of carbonyl (C=O) groups is 2. The molecule has 0 aliphatic carbocycles. The van der Waals surface area contributed by atoms with Crippen LogP contribution in [0.1, 0.15) is 17.7 Å². The lowest BCUT2D eigenvalue weighted by Gasteiger charge is -2.31. The number of hydrogen-bond donors (Lipinski definition) is 1. The van der Waals surface area contributed by atoms with Gasteiger partial charge in [-0.15, -0.1) is 22.9 Å². The second-order valence-electron chi connectivity index (χ2n) is 4.89. The molecule has 7 heteroatoms. The maximum absolute atomic E-state index is 11.9. The Morgan fingerprint density at radius 2 is 2.19 bits per heavy atom. The Hall–Kier alpha value is -1.27. The molecular formula is C14H19ClN2O3S. The molecule has 2 rings (SSSR count). The fraction of sp³-hybridized carbons (Fsp3) is 0.571. The first-order valence-corrected chi connectivity index (χ1v) is 8.40. The number of halogens is 1. The van der Waals surface area contributed by atoms with E-state index in [0.29, 0.717) is 25.4 Å². The molecule has 0 bridgehead atoms. The minimum absolute atomic E-state index is 0.0422. The van der Waals surface area contributed by atoms with Gasteiger partial charge in [0.2, 0.25) is 5.91 Å². The summed E-state index contributed by atoms with van der Waals surface area (Å²) in [5.41, 5.74) is 0. The normalized spacial score (nSPS) is 15.8. The minimum Gasteiger partial charge on any atom is -0.448 e. The van der Waals surface area contributed by atoms with Crippen molar-refractivity contribution in [3.8, 4) is 0 Å². The number of alkyl halides is 1. The van der Waals surface area contributed by atoms with Crippen molar-refractivity contribution in [1.29, 1.82) is 0 Å². The molecule has 0 saturated carbocycles. The lowest BCUT2D eigenvalue weighted by atomic mass is 10.1. The number of hydrogen-bond acceptors (Lipinski definition) is 4. The molecule has 5 nitrogen and oxygen atoms in total. The highest BCUT2D eigenvalue weighted by molar-refractivity contribution is 7.10. The van der Waals surface area contributed by atoms with Crippen LogP contribution in [-0.4, -0.2) is 48.5 Å². The van der Waals surface area contributed by atoms with Crippen molar-refractivity contribution < 1.29 is 14.3 Å². The molecule has 0 radical (unpaired) electrons. The maximum atomic E-state index is 11.9. The van der Waals surface area contributed by atoms with Crippen molar-refractivity contribution >= 4 is 34.9 Å². The lowest BCUT2D eigenvalue weighted by Crippen LogP contribution is -2.47. The van der Waals surface area contributed by atoms with E-state index in [0.717, 1.165) is 17.7 Å². The van der Waals surface area contributed by atoms with Crippen LogP contribution in [-0.2, 0) is 16.0 Å². The van der Waals surface area contributed by atoms with Gasteiger partial charge in [-0.2, -0.15) is 0 Å². The van der Waals surface area contributed by atoms with Crippen molar-refractivity contribution in [3.63, 3.8) is 0 Å². The van der Waals surface area contributed by atoms with Gasteiger partial charge in [0.1, 0.15) is 6.61 Å². The molecular weight excluding hydrogens is 312 g/mol. The van der Waals surface area contributed by atoms with E-state index in [9.17, 15) is 9.59 Å². The first kappa shape index (κ1) is 16.1. The van der Waals surface area contributed by atoms with Gasteiger partial charge in [-0.05, 0) is 24.3 Å². The third-order valence-electron chi connectivity index (χ3n) is 3.34. The molecule has 2 amide bonds. The maximum Gasteiger partial charge on any atom is 0.409 e. The van der Waals surface area contributed by atoms with Crippen LogP contribution in [0.15, 0.2) is 17.5 Å². The standard InChI is InChI=1S/C14H19ClN2O3S/c15-5-8-20-14(19)17-6-3-11(4-7-17)16-13(18)10-12-2-1-9-21-12/h1-2,9,11H,3-8,10H2,(H,16,18). The Bertz CT molecular complexity index is 459. The summed E-state index contributed by atoms with van der Waals surface area (Å²) in [4.78, 5) is 26.3. The topological polar surface area (TPSA) is 58.6 Å². The largest absolute Gasteiger partial charge is 0.448 e. The summed E-state index contributed by atoms with van der Waals surface area (Å²) in [6.07, 6.45) is 1.62. The smallest absolute Gasteiger partial charge is 0.409 e. The molecule has 1 saturated heterocycles. The number of carbonyl (C=O) groups excluding carboxylic acids is 2. The molecule has 1 aliphatic heterocycles. The zero-order valence-electron chi connectivity index (χ0n) is 11.7. The number of thiophene rings is 1. The highest BCUT2D eigenvalue weighted by Gasteiger charge is 2.24. The molecule has 1 fully saturated rings.